The lowest BCUT2D eigenvalue weighted by atomic mass is 10.2. The molecule has 2 aromatic rings. The Morgan fingerprint density at radius 2 is 1.83 bits per heavy atom. The highest BCUT2D eigenvalue weighted by Crippen LogP contribution is 2.21. The number of carbonyl (C=O) groups excluding carboxylic acids is 1. The molecular formula is C24H23BrN4O5S. The number of nitrogens with one attached hydrogen (secondary N) is 2. The molecule has 1 unspecified atom stereocenters. The van der Waals surface area contributed by atoms with Gasteiger partial charge in [-0.25, -0.2) is 14.0 Å². The van der Waals surface area contributed by atoms with Crippen LogP contribution in [0.5, 0.6) is 0 Å². The van der Waals surface area contributed by atoms with E-state index in [1.165, 1.54) is 6.07 Å². The molecule has 0 saturated carbocycles. The zero-order valence-corrected chi connectivity index (χ0v) is 21.0. The van der Waals surface area contributed by atoms with E-state index in [-0.39, 0.29) is 17.0 Å². The highest BCUT2D eigenvalue weighted by atomic mass is 79.9. The van der Waals surface area contributed by atoms with Gasteiger partial charge in [0.15, 0.2) is 5.71 Å². The molecule has 2 aromatic carbocycles. The van der Waals surface area contributed by atoms with Crippen LogP contribution in [0.4, 0.5) is 11.4 Å². The van der Waals surface area contributed by atoms with Crippen LogP contribution in [0, 0.1) is 0 Å². The van der Waals surface area contributed by atoms with Crippen molar-refractivity contribution in [3.8, 4) is 0 Å². The number of amides is 1. The number of aliphatic imine (C=N–C) groups is 1. The fourth-order valence-electron chi connectivity index (χ4n) is 3.53. The van der Waals surface area contributed by atoms with Crippen molar-refractivity contribution >= 4 is 55.9 Å². The molecule has 0 aliphatic carbocycles. The van der Waals surface area contributed by atoms with Crippen LogP contribution in [-0.2, 0) is 20.5 Å². The van der Waals surface area contributed by atoms with Crippen molar-refractivity contribution in [3.05, 3.63) is 76.5 Å². The van der Waals surface area contributed by atoms with Crippen LogP contribution in [-0.4, -0.2) is 53.2 Å². The van der Waals surface area contributed by atoms with Gasteiger partial charge in [-0.3, -0.25) is 4.79 Å². The second kappa shape index (κ2) is 11.4. The van der Waals surface area contributed by atoms with Gasteiger partial charge in [-0.1, -0.05) is 12.1 Å². The van der Waals surface area contributed by atoms with Gasteiger partial charge in [-0.15, -0.1) is 0 Å². The van der Waals surface area contributed by atoms with E-state index in [9.17, 15) is 18.9 Å². The molecule has 1 atom stereocenters. The van der Waals surface area contributed by atoms with Gasteiger partial charge in [-0.2, -0.15) is 0 Å². The van der Waals surface area contributed by atoms with Crippen molar-refractivity contribution in [1.29, 1.82) is 0 Å². The molecule has 35 heavy (non-hydrogen) atoms. The van der Waals surface area contributed by atoms with Gasteiger partial charge in [0, 0.05) is 30.0 Å². The van der Waals surface area contributed by atoms with Gasteiger partial charge in [0.2, 0.25) is 0 Å². The largest absolute Gasteiger partial charge is 0.476 e. The number of aliphatic carboxylic acids is 1. The molecule has 0 spiro atoms. The van der Waals surface area contributed by atoms with Gasteiger partial charge >= 0.3 is 5.97 Å². The summed E-state index contributed by atoms with van der Waals surface area (Å²) < 4.78 is 21.6. The summed E-state index contributed by atoms with van der Waals surface area (Å²) in [6.07, 6.45) is 3.66. The van der Waals surface area contributed by atoms with E-state index in [1.807, 2.05) is 24.3 Å². The first-order chi connectivity index (χ1) is 16.9. The predicted octanol–water partition coefficient (Wildman–Crippen LogP) is 3.44. The number of allylic oxidation sites excluding steroid dienone is 2. The number of ether oxygens (including phenoxy) is 1. The standard InChI is InChI=1S/C24H23BrN4O5S/c25-21-6-2-5-20(22(27-21)24(31)32)26-23(30)16-3-1-4-19(15-16)35(33)28-17-7-9-18(10-8-17)29-11-13-34-14-12-29/h1,3-10,15,28H,2,11-14H2,(H,26,30)(H,31,32). The van der Waals surface area contributed by atoms with Gasteiger partial charge in [0.25, 0.3) is 5.91 Å². The third kappa shape index (κ3) is 6.44. The molecule has 0 aromatic heterocycles. The lowest BCUT2D eigenvalue weighted by Gasteiger charge is -2.28. The number of nitrogens with zero attached hydrogens (tertiary/aromatic N) is 2. The van der Waals surface area contributed by atoms with Crippen LogP contribution in [0.1, 0.15) is 16.8 Å². The molecule has 1 amide bonds. The molecule has 11 heteroatoms. The van der Waals surface area contributed by atoms with Crippen molar-refractivity contribution in [1.82, 2.24) is 5.32 Å². The van der Waals surface area contributed by atoms with Crippen molar-refractivity contribution in [3.63, 3.8) is 0 Å². The third-order valence-corrected chi connectivity index (χ3v) is 6.90. The first-order valence-corrected chi connectivity index (χ1v) is 12.8. The maximum atomic E-state index is 12.9. The molecule has 1 fully saturated rings. The maximum Gasteiger partial charge on any atom is 0.356 e. The molecule has 3 N–H and O–H groups in total. The van der Waals surface area contributed by atoms with Crippen LogP contribution in [0.15, 0.2) is 80.9 Å². The van der Waals surface area contributed by atoms with Gasteiger partial charge in [0.1, 0.15) is 15.6 Å². The summed E-state index contributed by atoms with van der Waals surface area (Å²) in [5.74, 6) is -1.79. The Labute approximate surface area is 213 Å². The minimum atomic E-state index is -1.61. The summed E-state index contributed by atoms with van der Waals surface area (Å²) in [5.41, 5.74) is 1.81. The second-order valence-corrected chi connectivity index (χ2v) is 9.67. The molecular weight excluding hydrogens is 536 g/mol. The molecule has 4 rings (SSSR count). The Bertz CT molecular complexity index is 1240. The van der Waals surface area contributed by atoms with Gasteiger partial charge in [0.05, 0.1) is 23.8 Å². The van der Waals surface area contributed by atoms with Crippen LogP contribution in [0.3, 0.4) is 0 Å². The van der Waals surface area contributed by atoms with Crippen molar-refractivity contribution in [2.24, 2.45) is 4.99 Å². The smallest absolute Gasteiger partial charge is 0.356 e. The van der Waals surface area contributed by atoms with Crippen LogP contribution >= 0.6 is 15.9 Å². The fourth-order valence-corrected chi connectivity index (χ4v) is 4.80. The molecule has 182 valence electrons. The van der Waals surface area contributed by atoms with E-state index >= 15 is 0 Å². The number of hydrogen-bond acceptors (Lipinski definition) is 6. The fraction of sp³-hybridized carbons (Fsp3) is 0.208. The Morgan fingerprint density at radius 3 is 2.54 bits per heavy atom. The van der Waals surface area contributed by atoms with Crippen LogP contribution < -0.4 is 14.9 Å². The van der Waals surface area contributed by atoms with Crippen LogP contribution in [0.2, 0.25) is 0 Å². The number of carboxylic acids is 1. The SMILES string of the molecule is O=C(O)C1=NC(Br)=CCC=C1NC(=O)c1cccc(S(=O)Nc2ccc(N3CCOCC3)cc2)c1. The van der Waals surface area contributed by atoms with E-state index in [1.54, 1.807) is 30.4 Å². The number of rotatable bonds is 7. The van der Waals surface area contributed by atoms with E-state index in [4.69, 9.17) is 4.74 Å². The average Bonchev–Trinajstić information content (AvgIpc) is 3.06. The zero-order valence-electron chi connectivity index (χ0n) is 18.6. The number of benzene rings is 2. The Morgan fingerprint density at radius 1 is 1.09 bits per heavy atom. The number of morpholine rings is 1. The zero-order chi connectivity index (χ0) is 24.8. The van der Waals surface area contributed by atoms with E-state index in [2.05, 4.69) is 35.9 Å². The average molecular weight is 559 g/mol. The minimum Gasteiger partial charge on any atom is -0.476 e. The summed E-state index contributed by atoms with van der Waals surface area (Å²) in [6.45, 7) is 3.06. The summed E-state index contributed by atoms with van der Waals surface area (Å²) in [5, 5.41) is 12.1. The molecule has 9 nitrogen and oxygen atoms in total. The first-order valence-electron chi connectivity index (χ1n) is 10.8. The Kier molecular flexibility index (Phi) is 8.11. The first kappa shape index (κ1) is 24.8. The monoisotopic (exact) mass is 558 g/mol. The molecule has 0 radical (unpaired) electrons. The Hall–Kier alpha value is -3.28. The Balaban J connectivity index is 1.43. The minimum absolute atomic E-state index is 0.0956. The third-order valence-electron chi connectivity index (χ3n) is 5.30. The predicted molar refractivity (Wildman–Crippen MR) is 138 cm³/mol. The summed E-state index contributed by atoms with van der Waals surface area (Å²) in [7, 11) is -1.61. The number of halogens is 1. The van der Waals surface area contributed by atoms with Crippen molar-refractivity contribution in [2.75, 3.05) is 35.9 Å². The molecule has 2 heterocycles. The van der Waals surface area contributed by atoms with Crippen LogP contribution in [0.25, 0.3) is 0 Å². The number of hydrogen-bond donors (Lipinski definition) is 3. The van der Waals surface area contributed by atoms with Gasteiger partial charge < -0.3 is 24.8 Å². The van der Waals surface area contributed by atoms with Gasteiger partial charge in [-0.05, 0) is 70.9 Å². The van der Waals surface area contributed by atoms with Crippen molar-refractivity contribution in [2.45, 2.75) is 11.3 Å². The molecule has 1 saturated heterocycles. The maximum absolute atomic E-state index is 12.9. The van der Waals surface area contributed by atoms with Crippen molar-refractivity contribution < 1.29 is 23.6 Å². The second-order valence-electron chi connectivity index (χ2n) is 7.64. The molecule has 2 aliphatic heterocycles. The lowest BCUT2D eigenvalue weighted by molar-refractivity contribution is -0.129. The van der Waals surface area contributed by atoms with E-state index < -0.39 is 22.9 Å². The molecule has 0 bridgehead atoms. The highest BCUT2D eigenvalue weighted by molar-refractivity contribution is 9.11. The number of carboxylic acid groups (broad SMARTS) is 1. The summed E-state index contributed by atoms with van der Waals surface area (Å²) in [4.78, 5) is 31.0. The quantitative estimate of drug-likeness (QED) is 0.448. The highest BCUT2D eigenvalue weighted by Gasteiger charge is 2.21. The topological polar surface area (TPSA) is 120 Å². The van der Waals surface area contributed by atoms with E-state index in [0.717, 1.165) is 18.8 Å². The summed E-state index contributed by atoms with van der Waals surface area (Å²) in [6, 6.07) is 14.0. The number of anilines is 2. The molecule has 2 aliphatic rings. The number of carbonyl (C=O) groups is 2. The normalized spacial score (nSPS) is 16.8. The lowest BCUT2D eigenvalue weighted by Crippen LogP contribution is -2.36. The summed E-state index contributed by atoms with van der Waals surface area (Å²) >= 11 is 3.18. The van der Waals surface area contributed by atoms with E-state index in [0.29, 0.717) is 34.8 Å².